The SMILES string of the molecule is O=C1CC(C(F)(F)F)N(C(=O)CSc2nnnn2CCc2cccs2)c2ccccc2N1. The number of aromatic nitrogens is 4. The molecule has 1 aromatic carbocycles. The first-order valence-corrected chi connectivity index (χ1v) is 11.4. The van der Waals surface area contributed by atoms with Crippen molar-refractivity contribution in [2.45, 2.75) is 36.8 Å². The summed E-state index contributed by atoms with van der Waals surface area (Å²) in [5.74, 6) is -1.93. The van der Waals surface area contributed by atoms with Gasteiger partial charge in [0.15, 0.2) is 0 Å². The number of anilines is 2. The van der Waals surface area contributed by atoms with Crippen LogP contribution in [-0.4, -0.2) is 50.0 Å². The van der Waals surface area contributed by atoms with Gasteiger partial charge in [0.2, 0.25) is 17.0 Å². The van der Waals surface area contributed by atoms with Gasteiger partial charge in [0.1, 0.15) is 6.04 Å². The molecule has 1 atom stereocenters. The molecule has 13 heteroatoms. The fraction of sp³-hybridized carbons (Fsp3) is 0.316. The monoisotopic (exact) mass is 482 g/mol. The zero-order valence-corrected chi connectivity index (χ0v) is 18.1. The summed E-state index contributed by atoms with van der Waals surface area (Å²) in [7, 11) is 0. The minimum atomic E-state index is -4.78. The van der Waals surface area contributed by atoms with Crippen molar-refractivity contribution in [3.63, 3.8) is 0 Å². The van der Waals surface area contributed by atoms with Gasteiger partial charge in [-0.05, 0) is 34.0 Å². The van der Waals surface area contributed by atoms with Crippen molar-refractivity contribution in [1.29, 1.82) is 0 Å². The van der Waals surface area contributed by atoms with Gasteiger partial charge >= 0.3 is 6.18 Å². The highest BCUT2D eigenvalue weighted by Gasteiger charge is 2.48. The van der Waals surface area contributed by atoms with E-state index in [-0.39, 0.29) is 17.1 Å². The topological polar surface area (TPSA) is 93.0 Å². The number of thioether (sulfide) groups is 1. The number of hydrogen-bond acceptors (Lipinski definition) is 7. The average molecular weight is 483 g/mol. The molecular weight excluding hydrogens is 465 g/mol. The Morgan fingerprint density at radius 1 is 1.25 bits per heavy atom. The molecule has 32 heavy (non-hydrogen) atoms. The number of carbonyl (C=O) groups excluding carboxylic acids is 2. The predicted molar refractivity (Wildman–Crippen MR) is 114 cm³/mol. The maximum Gasteiger partial charge on any atom is 0.409 e. The first kappa shape index (κ1) is 22.3. The number of tetrazole rings is 1. The molecule has 3 heterocycles. The summed E-state index contributed by atoms with van der Waals surface area (Å²) in [5.41, 5.74) is 0.159. The highest BCUT2D eigenvalue weighted by Crippen LogP contribution is 2.38. The second kappa shape index (κ2) is 9.28. The van der Waals surface area contributed by atoms with Crippen LogP contribution in [0.25, 0.3) is 0 Å². The molecule has 2 aromatic heterocycles. The van der Waals surface area contributed by atoms with Crippen LogP contribution >= 0.6 is 23.1 Å². The standard InChI is InChI=1S/C19H17F3N6O2S2/c20-19(21,22)15-10-16(29)23-13-5-1-2-6-14(13)28(15)17(30)11-32-18-24-25-26-27(18)8-7-12-4-3-9-31-12/h1-6,9,15H,7-8,10-11H2,(H,23,29). The van der Waals surface area contributed by atoms with Crippen LogP contribution in [0.1, 0.15) is 11.3 Å². The van der Waals surface area contributed by atoms with Crippen LogP contribution in [0, 0.1) is 0 Å². The molecule has 0 saturated carbocycles. The number of aryl methyl sites for hydroxylation is 2. The Balaban J connectivity index is 1.53. The number of nitrogens with one attached hydrogen (secondary N) is 1. The number of fused-ring (bicyclic) bond motifs is 1. The number of rotatable bonds is 6. The minimum absolute atomic E-state index is 0.00330. The van der Waals surface area contributed by atoms with Gasteiger partial charge in [-0.1, -0.05) is 30.0 Å². The Labute approximate surface area is 188 Å². The van der Waals surface area contributed by atoms with E-state index in [0.29, 0.717) is 23.0 Å². The van der Waals surface area contributed by atoms with E-state index < -0.39 is 30.5 Å². The predicted octanol–water partition coefficient (Wildman–Crippen LogP) is 3.38. The Bertz CT molecular complexity index is 1100. The third kappa shape index (κ3) is 4.93. The van der Waals surface area contributed by atoms with E-state index in [9.17, 15) is 22.8 Å². The highest BCUT2D eigenvalue weighted by molar-refractivity contribution is 7.99. The molecule has 8 nitrogen and oxygen atoms in total. The van der Waals surface area contributed by atoms with Gasteiger partial charge in [-0.3, -0.25) is 14.5 Å². The van der Waals surface area contributed by atoms with Crippen molar-refractivity contribution < 1.29 is 22.8 Å². The van der Waals surface area contributed by atoms with Crippen LogP contribution in [-0.2, 0) is 22.6 Å². The minimum Gasteiger partial charge on any atom is -0.324 e. The normalized spacial score (nSPS) is 16.4. The van der Waals surface area contributed by atoms with Crippen molar-refractivity contribution in [2.24, 2.45) is 0 Å². The summed E-state index contributed by atoms with van der Waals surface area (Å²) in [6.07, 6.45) is -4.97. The summed E-state index contributed by atoms with van der Waals surface area (Å²) >= 11 is 2.55. The van der Waals surface area contributed by atoms with Crippen molar-refractivity contribution in [3.8, 4) is 0 Å². The lowest BCUT2D eigenvalue weighted by Gasteiger charge is -2.31. The van der Waals surface area contributed by atoms with Gasteiger partial charge in [0, 0.05) is 11.3 Å². The van der Waals surface area contributed by atoms with Crippen molar-refractivity contribution in [3.05, 3.63) is 46.7 Å². The lowest BCUT2D eigenvalue weighted by molar-refractivity contribution is -0.157. The third-order valence-corrected chi connectivity index (χ3v) is 6.63. The Morgan fingerprint density at radius 2 is 2.06 bits per heavy atom. The molecule has 3 aromatic rings. The van der Waals surface area contributed by atoms with E-state index >= 15 is 0 Å². The quantitative estimate of drug-likeness (QED) is 0.542. The second-order valence-electron chi connectivity index (χ2n) is 6.89. The van der Waals surface area contributed by atoms with E-state index in [1.54, 1.807) is 17.4 Å². The number of carbonyl (C=O) groups is 2. The Hall–Kier alpha value is -2.93. The summed E-state index contributed by atoms with van der Waals surface area (Å²) in [6, 6.07) is 7.58. The van der Waals surface area contributed by atoms with Gasteiger partial charge in [0.25, 0.3) is 0 Å². The Morgan fingerprint density at radius 3 is 2.81 bits per heavy atom. The molecule has 1 aliphatic rings. The molecule has 1 aliphatic heterocycles. The fourth-order valence-corrected chi connectivity index (χ4v) is 4.76. The summed E-state index contributed by atoms with van der Waals surface area (Å²) in [6.45, 7) is 0.472. The molecular formula is C19H17F3N6O2S2. The molecule has 0 fully saturated rings. The molecule has 2 amide bonds. The number of amides is 2. The van der Waals surface area contributed by atoms with E-state index in [0.717, 1.165) is 16.6 Å². The van der Waals surface area contributed by atoms with Crippen LogP contribution in [0.5, 0.6) is 0 Å². The highest BCUT2D eigenvalue weighted by atomic mass is 32.2. The van der Waals surface area contributed by atoms with Gasteiger partial charge < -0.3 is 5.32 Å². The molecule has 0 spiro atoms. The van der Waals surface area contributed by atoms with Gasteiger partial charge in [-0.25, -0.2) is 4.68 Å². The molecule has 0 bridgehead atoms. The van der Waals surface area contributed by atoms with Crippen LogP contribution in [0.2, 0.25) is 0 Å². The largest absolute Gasteiger partial charge is 0.409 e. The van der Waals surface area contributed by atoms with Crippen LogP contribution in [0.15, 0.2) is 46.9 Å². The van der Waals surface area contributed by atoms with Crippen LogP contribution in [0.3, 0.4) is 0 Å². The zero-order valence-electron chi connectivity index (χ0n) is 16.5. The zero-order chi connectivity index (χ0) is 22.7. The summed E-state index contributed by atoms with van der Waals surface area (Å²) in [5, 5.41) is 16.1. The van der Waals surface area contributed by atoms with Crippen LogP contribution in [0.4, 0.5) is 24.5 Å². The van der Waals surface area contributed by atoms with Crippen molar-refractivity contribution >= 4 is 46.3 Å². The second-order valence-corrected chi connectivity index (χ2v) is 8.87. The average Bonchev–Trinajstić information content (AvgIpc) is 3.39. The molecule has 1 unspecified atom stereocenters. The van der Waals surface area contributed by atoms with E-state index in [1.165, 1.54) is 22.9 Å². The van der Waals surface area contributed by atoms with Crippen LogP contribution < -0.4 is 10.2 Å². The summed E-state index contributed by atoms with van der Waals surface area (Å²) in [4.78, 5) is 26.9. The van der Waals surface area contributed by atoms with E-state index in [4.69, 9.17) is 0 Å². The maximum absolute atomic E-state index is 13.8. The summed E-state index contributed by atoms with van der Waals surface area (Å²) < 4.78 is 42.9. The molecule has 0 saturated heterocycles. The first-order valence-electron chi connectivity index (χ1n) is 9.52. The number of alkyl halides is 3. The van der Waals surface area contributed by atoms with Crippen molar-refractivity contribution in [1.82, 2.24) is 20.2 Å². The molecule has 0 aliphatic carbocycles. The number of nitrogens with zero attached hydrogens (tertiary/aromatic N) is 5. The van der Waals surface area contributed by atoms with Gasteiger partial charge in [-0.15, -0.1) is 16.4 Å². The molecule has 168 valence electrons. The fourth-order valence-electron chi connectivity index (χ4n) is 3.30. The van der Waals surface area contributed by atoms with Gasteiger partial charge in [-0.2, -0.15) is 13.2 Å². The number of thiophene rings is 1. The smallest absolute Gasteiger partial charge is 0.324 e. The van der Waals surface area contributed by atoms with Crippen molar-refractivity contribution in [2.75, 3.05) is 16.0 Å². The number of benzene rings is 1. The lowest BCUT2D eigenvalue weighted by Crippen LogP contribution is -2.50. The van der Waals surface area contributed by atoms with E-state index in [2.05, 4.69) is 20.8 Å². The Kier molecular flexibility index (Phi) is 6.46. The van der Waals surface area contributed by atoms with E-state index in [1.807, 2.05) is 17.5 Å². The lowest BCUT2D eigenvalue weighted by atomic mass is 10.1. The molecule has 0 radical (unpaired) electrons. The maximum atomic E-state index is 13.8. The molecule has 4 rings (SSSR count). The molecule has 1 N–H and O–H groups in total. The number of hydrogen-bond donors (Lipinski definition) is 1. The van der Waals surface area contributed by atoms with Gasteiger partial charge in [0.05, 0.1) is 30.1 Å². The number of para-hydroxylation sites is 2. The third-order valence-electron chi connectivity index (χ3n) is 4.75. The number of halogens is 3. The first-order chi connectivity index (χ1) is 15.3.